The van der Waals surface area contributed by atoms with E-state index in [0.717, 1.165) is 25.7 Å². The van der Waals surface area contributed by atoms with E-state index in [4.69, 9.17) is 0 Å². The number of aliphatic carboxylic acids is 2. The first kappa shape index (κ1) is 13.4. The lowest BCUT2D eigenvalue weighted by atomic mass is 9.50. The van der Waals surface area contributed by atoms with Gasteiger partial charge in [0.25, 0.3) is 0 Å². The highest BCUT2D eigenvalue weighted by atomic mass is 16.4. The molecule has 102 valence electrons. The quantitative estimate of drug-likeness (QED) is 0.698. The first-order valence-corrected chi connectivity index (χ1v) is 6.74. The maximum absolute atomic E-state index is 11.5. The van der Waals surface area contributed by atoms with Gasteiger partial charge < -0.3 is 19.8 Å². The molecule has 0 heterocycles. The van der Waals surface area contributed by atoms with Crippen LogP contribution in [0.5, 0.6) is 0 Å². The summed E-state index contributed by atoms with van der Waals surface area (Å²) in [6.07, 6.45) is 5.07. The number of carboxylic acid groups (broad SMARTS) is 2. The highest BCUT2D eigenvalue weighted by molar-refractivity contribution is 5.84. The van der Waals surface area contributed by atoms with E-state index in [-0.39, 0.29) is 0 Å². The van der Waals surface area contributed by atoms with Crippen molar-refractivity contribution in [3.63, 3.8) is 0 Å². The zero-order valence-electron chi connectivity index (χ0n) is 11.0. The van der Waals surface area contributed by atoms with Crippen LogP contribution < -0.4 is 10.2 Å². The Morgan fingerprint density at radius 3 is 1.50 bits per heavy atom. The van der Waals surface area contributed by atoms with Crippen LogP contribution >= 0.6 is 0 Å². The molecule has 0 spiro atoms. The summed E-state index contributed by atoms with van der Waals surface area (Å²) < 4.78 is 0. The Bertz CT molecular complexity index is 342. The van der Waals surface area contributed by atoms with Gasteiger partial charge in [0.05, 0.1) is 0 Å². The van der Waals surface area contributed by atoms with Crippen molar-refractivity contribution in [1.82, 2.24) is 0 Å². The average molecular weight is 252 g/mol. The van der Waals surface area contributed by atoms with E-state index in [1.807, 2.05) is 0 Å². The van der Waals surface area contributed by atoms with Crippen molar-refractivity contribution in [2.75, 3.05) is 0 Å². The maximum Gasteiger partial charge on any atom is 0.0482 e. The molecule has 0 N–H and O–H groups in total. The van der Waals surface area contributed by atoms with Crippen molar-refractivity contribution < 1.29 is 19.8 Å². The second kappa shape index (κ2) is 4.25. The molecule has 0 aromatic rings. The monoisotopic (exact) mass is 252 g/mol. The van der Waals surface area contributed by atoms with Gasteiger partial charge in [-0.05, 0) is 24.7 Å². The molecule has 0 saturated heterocycles. The smallest absolute Gasteiger partial charge is 0.0482 e. The molecule has 4 nitrogen and oxygen atoms in total. The van der Waals surface area contributed by atoms with Gasteiger partial charge in [-0.2, -0.15) is 0 Å². The Balaban J connectivity index is 2.37. The lowest BCUT2D eigenvalue weighted by Crippen LogP contribution is -2.62. The molecule has 0 aliphatic heterocycles. The maximum atomic E-state index is 11.5. The first-order valence-electron chi connectivity index (χ1n) is 6.74. The van der Waals surface area contributed by atoms with Crippen LogP contribution in [0, 0.1) is 22.7 Å². The van der Waals surface area contributed by atoms with Crippen LogP contribution in [0.15, 0.2) is 0 Å². The largest absolute Gasteiger partial charge is 0.550 e. The van der Waals surface area contributed by atoms with Crippen LogP contribution in [0.4, 0.5) is 0 Å². The molecule has 18 heavy (non-hydrogen) atoms. The zero-order chi connectivity index (χ0) is 13.6. The SMILES string of the molecule is CC1(C(=O)[O-])CC2CCCCC2CC1(C)C(=O)[O-]. The fourth-order valence-electron chi connectivity index (χ4n) is 3.94. The van der Waals surface area contributed by atoms with Gasteiger partial charge in [0.2, 0.25) is 0 Å². The molecule has 2 rings (SSSR count). The number of carbonyl (C=O) groups excluding carboxylic acids is 2. The topological polar surface area (TPSA) is 80.3 Å². The van der Waals surface area contributed by atoms with E-state index in [9.17, 15) is 19.8 Å². The Morgan fingerprint density at radius 2 is 1.22 bits per heavy atom. The van der Waals surface area contributed by atoms with Crippen molar-refractivity contribution in [2.45, 2.75) is 52.4 Å². The van der Waals surface area contributed by atoms with Gasteiger partial charge in [-0.15, -0.1) is 0 Å². The van der Waals surface area contributed by atoms with Gasteiger partial charge in [-0.1, -0.05) is 39.5 Å². The second-order valence-corrected chi connectivity index (χ2v) is 6.45. The minimum atomic E-state index is -1.32. The molecule has 0 aromatic heterocycles. The van der Waals surface area contributed by atoms with Crippen molar-refractivity contribution >= 4 is 11.9 Å². The molecule has 2 aliphatic rings. The Hall–Kier alpha value is -1.06. The van der Waals surface area contributed by atoms with Crippen molar-refractivity contribution in [3.05, 3.63) is 0 Å². The van der Waals surface area contributed by atoms with Crippen LogP contribution in [0.2, 0.25) is 0 Å². The van der Waals surface area contributed by atoms with Crippen LogP contribution in [0.1, 0.15) is 52.4 Å². The first-order chi connectivity index (χ1) is 8.31. The second-order valence-electron chi connectivity index (χ2n) is 6.45. The van der Waals surface area contributed by atoms with Crippen LogP contribution in [0.25, 0.3) is 0 Å². The third kappa shape index (κ3) is 1.73. The van der Waals surface area contributed by atoms with E-state index >= 15 is 0 Å². The minimum Gasteiger partial charge on any atom is -0.550 e. The van der Waals surface area contributed by atoms with E-state index in [2.05, 4.69) is 0 Å². The van der Waals surface area contributed by atoms with Gasteiger partial charge in [0, 0.05) is 22.8 Å². The summed E-state index contributed by atoms with van der Waals surface area (Å²) in [5.41, 5.74) is -2.63. The zero-order valence-corrected chi connectivity index (χ0v) is 11.0. The molecule has 2 aliphatic carbocycles. The Labute approximate surface area is 107 Å². The third-order valence-corrected chi connectivity index (χ3v) is 5.53. The predicted molar refractivity (Wildman–Crippen MR) is 60.9 cm³/mol. The van der Waals surface area contributed by atoms with E-state index in [1.165, 1.54) is 13.8 Å². The molecule has 2 fully saturated rings. The van der Waals surface area contributed by atoms with Gasteiger partial charge in [-0.25, -0.2) is 0 Å². The number of rotatable bonds is 2. The number of carbonyl (C=O) groups is 2. The highest BCUT2D eigenvalue weighted by Gasteiger charge is 2.54. The fourth-order valence-corrected chi connectivity index (χ4v) is 3.94. The lowest BCUT2D eigenvalue weighted by Gasteiger charge is -2.57. The van der Waals surface area contributed by atoms with Gasteiger partial charge in [-0.3, -0.25) is 0 Å². The molecule has 4 unspecified atom stereocenters. The predicted octanol–water partition coefficient (Wildman–Crippen LogP) is 0.0990. The summed E-state index contributed by atoms with van der Waals surface area (Å²) in [7, 11) is 0. The molecular weight excluding hydrogens is 232 g/mol. The van der Waals surface area contributed by atoms with Gasteiger partial charge in [0.1, 0.15) is 0 Å². The Morgan fingerprint density at radius 1 is 0.889 bits per heavy atom. The van der Waals surface area contributed by atoms with Crippen molar-refractivity contribution in [1.29, 1.82) is 0 Å². The highest BCUT2D eigenvalue weighted by Crippen LogP contribution is 2.57. The molecule has 0 bridgehead atoms. The summed E-state index contributed by atoms with van der Waals surface area (Å²) in [6, 6.07) is 0. The average Bonchev–Trinajstić information content (AvgIpc) is 2.30. The number of carboxylic acids is 2. The fraction of sp³-hybridized carbons (Fsp3) is 0.857. The molecule has 0 aromatic carbocycles. The molecule has 0 amide bonds. The van der Waals surface area contributed by atoms with E-state index in [0.29, 0.717) is 24.7 Å². The molecule has 0 radical (unpaired) electrons. The number of fused-ring (bicyclic) bond motifs is 1. The summed E-state index contributed by atoms with van der Waals surface area (Å²) in [4.78, 5) is 22.9. The number of hydrogen-bond donors (Lipinski definition) is 0. The number of hydrogen-bond acceptors (Lipinski definition) is 4. The standard InChI is InChI=1S/C14H22O4/c1-13(11(15)16)7-9-5-3-4-6-10(9)8-14(13,2)12(17)18/h9-10H,3-8H2,1-2H3,(H,15,16)(H,17,18)/p-2. The van der Waals surface area contributed by atoms with Crippen LogP contribution in [-0.2, 0) is 9.59 Å². The summed E-state index contributed by atoms with van der Waals surface area (Å²) in [6.45, 7) is 3.03. The van der Waals surface area contributed by atoms with Gasteiger partial charge >= 0.3 is 0 Å². The summed E-state index contributed by atoms with van der Waals surface area (Å²) in [5.74, 6) is -1.85. The van der Waals surface area contributed by atoms with Crippen LogP contribution in [-0.4, -0.2) is 11.9 Å². The van der Waals surface area contributed by atoms with Crippen LogP contribution in [0.3, 0.4) is 0 Å². The van der Waals surface area contributed by atoms with Crippen molar-refractivity contribution in [2.24, 2.45) is 22.7 Å². The van der Waals surface area contributed by atoms with Crippen molar-refractivity contribution in [3.8, 4) is 0 Å². The molecule has 2 saturated carbocycles. The summed E-state index contributed by atoms with van der Waals surface area (Å²) in [5, 5.41) is 22.9. The Kier molecular flexibility index (Phi) is 3.16. The molecule has 4 atom stereocenters. The van der Waals surface area contributed by atoms with E-state index < -0.39 is 22.8 Å². The third-order valence-electron chi connectivity index (χ3n) is 5.53. The summed E-state index contributed by atoms with van der Waals surface area (Å²) >= 11 is 0. The molecular formula is C14H20O4-2. The normalized spacial score (nSPS) is 44.1. The van der Waals surface area contributed by atoms with Gasteiger partial charge in [0.15, 0.2) is 0 Å². The van der Waals surface area contributed by atoms with E-state index in [1.54, 1.807) is 0 Å². The minimum absolute atomic E-state index is 0.328. The molecule has 4 heteroatoms. The lowest BCUT2D eigenvalue weighted by molar-refractivity contribution is -0.348.